The van der Waals surface area contributed by atoms with E-state index in [-0.39, 0.29) is 5.30 Å². The van der Waals surface area contributed by atoms with Crippen molar-refractivity contribution in [1.82, 2.24) is 4.98 Å². The van der Waals surface area contributed by atoms with E-state index in [2.05, 4.69) is 9.51 Å². The maximum Gasteiger partial charge on any atom is 0.360 e. The summed E-state index contributed by atoms with van der Waals surface area (Å²) in [5, 5.41) is 0.218. The molecule has 0 aliphatic rings. The van der Waals surface area contributed by atoms with Crippen LogP contribution in [0.1, 0.15) is 5.69 Å². The van der Waals surface area contributed by atoms with Crippen molar-refractivity contribution in [3.63, 3.8) is 0 Å². The van der Waals surface area contributed by atoms with Crippen molar-refractivity contribution in [1.29, 1.82) is 0 Å². The normalized spacial score (nSPS) is 15.6. The number of aromatic nitrogens is 1. The topological polar surface area (TPSA) is 59.4 Å². The smallest absolute Gasteiger partial charge is 0.321 e. The van der Waals surface area contributed by atoms with E-state index in [1.807, 2.05) is 0 Å². The van der Waals surface area contributed by atoms with Crippen molar-refractivity contribution in [3.8, 4) is 0 Å². The van der Waals surface area contributed by atoms with Crippen LogP contribution >= 0.6 is 7.60 Å². The van der Waals surface area contributed by atoms with E-state index in [9.17, 15) is 9.46 Å². The Morgan fingerprint density at radius 3 is 2.67 bits per heavy atom. The molecule has 0 saturated heterocycles. The van der Waals surface area contributed by atoms with Crippen LogP contribution in [0.15, 0.2) is 18.3 Å². The molecule has 0 amide bonds. The summed E-state index contributed by atoms with van der Waals surface area (Å²) < 4.78 is 15.6. The molecule has 0 bridgehead atoms. The second kappa shape index (κ2) is 3.35. The summed E-state index contributed by atoms with van der Waals surface area (Å²) >= 11 is 0. The molecule has 1 aromatic rings. The Morgan fingerprint density at radius 2 is 2.25 bits per heavy atom. The minimum atomic E-state index is -3.61. The minimum Gasteiger partial charge on any atom is -0.321 e. The monoisotopic (exact) mass is 187 g/mol. The lowest BCUT2D eigenvalue weighted by molar-refractivity contribution is 0.328. The lowest BCUT2D eigenvalue weighted by atomic mass is 10.4. The first-order chi connectivity index (χ1) is 5.56. The molecule has 5 heteroatoms. The van der Waals surface area contributed by atoms with Crippen LogP contribution in [0.5, 0.6) is 0 Å². The molecule has 1 rings (SSSR count). The molecule has 0 spiro atoms. The van der Waals surface area contributed by atoms with Crippen LogP contribution in [0, 0.1) is 6.92 Å². The summed E-state index contributed by atoms with van der Waals surface area (Å²) in [7, 11) is -2.41. The fraction of sp³-hybridized carbons (Fsp3) is 0.286. The molecule has 1 aromatic heterocycles. The summed E-state index contributed by atoms with van der Waals surface area (Å²) in [5.41, 5.74) is 0.801. The molecule has 4 nitrogen and oxygen atoms in total. The second-order valence-electron chi connectivity index (χ2n) is 2.36. The van der Waals surface area contributed by atoms with Gasteiger partial charge in [0.1, 0.15) is 0 Å². The van der Waals surface area contributed by atoms with E-state index >= 15 is 0 Å². The van der Waals surface area contributed by atoms with E-state index in [1.165, 1.54) is 19.4 Å². The van der Waals surface area contributed by atoms with Gasteiger partial charge >= 0.3 is 7.60 Å². The van der Waals surface area contributed by atoms with E-state index in [0.29, 0.717) is 0 Å². The van der Waals surface area contributed by atoms with Gasteiger partial charge in [0.25, 0.3) is 0 Å². The summed E-state index contributed by atoms with van der Waals surface area (Å²) in [6.45, 7) is 1.80. The van der Waals surface area contributed by atoms with Gasteiger partial charge in [0, 0.05) is 19.0 Å². The maximum atomic E-state index is 11.2. The number of rotatable bonds is 2. The predicted octanol–water partition coefficient (Wildman–Crippen LogP) is 0.847. The van der Waals surface area contributed by atoms with Crippen LogP contribution in [0.25, 0.3) is 0 Å². The van der Waals surface area contributed by atoms with Gasteiger partial charge < -0.3 is 9.42 Å². The highest BCUT2D eigenvalue weighted by atomic mass is 31.2. The van der Waals surface area contributed by atoms with Crippen LogP contribution < -0.4 is 5.30 Å². The third-order valence-electron chi connectivity index (χ3n) is 1.47. The molecule has 0 aliphatic heterocycles. The van der Waals surface area contributed by atoms with Crippen molar-refractivity contribution in [2.75, 3.05) is 7.11 Å². The Kier molecular flexibility index (Phi) is 2.62. The summed E-state index contributed by atoms with van der Waals surface area (Å²) in [5.74, 6) is 0. The zero-order valence-corrected chi connectivity index (χ0v) is 7.78. The lowest BCUT2D eigenvalue weighted by Gasteiger charge is -2.07. The van der Waals surface area contributed by atoms with Crippen LogP contribution in [0.2, 0.25) is 0 Å². The number of hydrogen-bond donors (Lipinski definition) is 1. The van der Waals surface area contributed by atoms with Crippen LogP contribution in [0.3, 0.4) is 0 Å². The van der Waals surface area contributed by atoms with Crippen molar-refractivity contribution >= 4 is 12.9 Å². The SMILES string of the molecule is COP(=O)(O)c1ccc(C)nc1. The zero-order valence-electron chi connectivity index (χ0n) is 6.89. The quantitative estimate of drug-likeness (QED) is 0.697. The average molecular weight is 187 g/mol. The Morgan fingerprint density at radius 1 is 1.58 bits per heavy atom. The van der Waals surface area contributed by atoms with E-state index in [4.69, 9.17) is 0 Å². The Labute approximate surface area is 70.8 Å². The highest BCUT2D eigenvalue weighted by Crippen LogP contribution is 2.38. The minimum absolute atomic E-state index is 0.218. The van der Waals surface area contributed by atoms with Crippen molar-refractivity contribution in [2.24, 2.45) is 0 Å². The number of aryl methyl sites for hydroxylation is 1. The molecule has 12 heavy (non-hydrogen) atoms. The first kappa shape index (κ1) is 9.39. The molecule has 0 fully saturated rings. The largest absolute Gasteiger partial charge is 0.360 e. The first-order valence-electron chi connectivity index (χ1n) is 3.38. The maximum absolute atomic E-state index is 11.2. The third kappa shape index (κ3) is 1.91. The molecular weight excluding hydrogens is 177 g/mol. The molecule has 1 N–H and O–H groups in total. The molecule has 0 aliphatic carbocycles. The zero-order chi connectivity index (χ0) is 9.19. The standard InChI is InChI=1S/C7H10NO3P/c1-6-3-4-7(5-8-6)12(9,10)11-2/h3-5H,1-2H3,(H,9,10). The van der Waals surface area contributed by atoms with Crippen molar-refractivity contribution in [2.45, 2.75) is 6.92 Å². The molecule has 0 aromatic carbocycles. The molecule has 1 unspecified atom stereocenters. The summed E-state index contributed by atoms with van der Waals surface area (Å²) in [6, 6.07) is 3.20. The van der Waals surface area contributed by atoms with Gasteiger partial charge in [-0.1, -0.05) is 0 Å². The highest BCUT2D eigenvalue weighted by Gasteiger charge is 2.20. The van der Waals surface area contributed by atoms with E-state index < -0.39 is 7.60 Å². The molecular formula is C7H10NO3P. The third-order valence-corrected chi connectivity index (χ3v) is 2.88. The van der Waals surface area contributed by atoms with Crippen LogP contribution in [-0.4, -0.2) is 17.0 Å². The van der Waals surface area contributed by atoms with Gasteiger partial charge in [-0.15, -0.1) is 0 Å². The van der Waals surface area contributed by atoms with Crippen molar-refractivity contribution in [3.05, 3.63) is 24.0 Å². The number of pyridine rings is 1. The first-order valence-corrected chi connectivity index (χ1v) is 4.96. The molecule has 1 atom stereocenters. The van der Waals surface area contributed by atoms with E-state index in [0.717, 1.165) is 5.69 Å². The molecule has 0 radical (unpaired) electrons. The van der Waals surface area contributed by atoms with Crippen molar-refractivity contribution < 1.29 is 14.0 Å². The Balaban J connectivity index is 3.05. The molecule has 66 valence electrons. The lowest BCUT2D eigenvalue weighted by Crippen LogP contribution is -2.06. The van der Waals surface area contributed by atoms with Gasteiger partial charge in [-0.05, 0) is 19.1 Å². The van der Waals surface area contributed by atoms with Gasteiger partial charge in [-0.25, -0.2) is 0 Å². The fourth-order valence-electron chi connectivity index (χ4n) is 0.733. The Bertz CT molecular complexity index is 309. The van der Waals surface area contributed by atoms with Crippen LogP contribution in [-0.2, 0) is 9.09 Å². The highest BCUT2D eigenvalue weighted by molar-refractivity contribution is 7.61. The van der Waals surface area contributed by atoms with Crippen LogP contribution in [0.4, 0.5) is 0 Å². The van der Waals surface area contributed by atoms with E-state index in [1.54, 1.807) is 13.0 Å². The van der Waals surface area contributed by atoms with Gasteiger partial charge in [-0.3, -0.25) is 9.55 Å². The van der Waals surface area contributed by atoms with Gasteiger partial charge in [-0.2, -0.15) is 0 Å². The number of hydrogen-bond acceptors (Lipinski definition) is 3. The number of nitrogens with zero attached hydrogens (tertiary/aromatic N) is 1. The van der Waals surface area contributed by atoms with Gasteiger partial charge in [0.2, 0.25) is 0 Å². The second-order valence-corrected chi connectivity index (χ2v) is 4.28. The summed E-state index contributed by atoms with van der Waals surface area (Å²) in [4.78, 5) is 13.1. The van der Waals surface area contributed by atoms with Gasteiger partial charge in [0.05, 0.1) is 5.30 Å². The average Bonchev–Trinajstić information content (AvgIpc) is 2.05. The fourth-order valence-corrected chi connectivity index (χ4v) is 1.41. The van der Waals surface area contributed by atoms with Gasteiger partial charge in [0.15, 0.2) is 0 Å². The molecule has 1 heterocycles. The Hall–Kier alpha value is -0.700. The summed E-state index contributed by atoms with van der Waals surface area (Å²) in [6.07, 6.45) is 1.35. The predicted molar refractivity (Wildman–Crippen MR) is 45.4 cm³/mol. The molecule has 0 saturated carbocycles.